The van der Waals surface area contributed by atoms with Crippen molar-refractivity contribution in [2.75, 3.05) is 6.54 Å². The number of alkyl carbamates (subject to hydrolysis) is 1. The van der Waals surface area contributed by atoms with Crippen LogP contribution in [0.3, 0.4) is 0 Å². The van der Waals surface area contributed by atoms with Gasteiger partial charge in [-0.2, -0.15) is 0 Å². The van der Waals surface area contributed by atoms with E-state index < -0.39 is 18.1 Å². The summed E-state index contributed by atoms with van der Waals surface area (Å²) in [4.78, 5) is 33.3. The summed E-state index contributed by atoms with van der Waals surface area (Å²) in [6.45, 7) is 1.87. The van der Waals surface area contributed by atoms with E-state index in [1.165, 1.54) is 6.92 Å². The lowest BCUT2D eigenvalue weighted by atomic mass is 10.1. The predicted molar refractivity (Wildman–Crippen MR) is 87.2 cm³/mol. The number of hydrogen-bond donors (Lipinski definition) is 3. The van der Waals surface area contributed by atoms with Gasteiger partial charge in [-0.1, -0.05) is 30.3 Å². The van der Waals surface area contributed by atoms with Crippen LogP contribution in [0.15, 0.2) is 30.3 Å². The summed E-state index contributed by atoms with van der Waals surface area (Å²) in [5, 5.41) is 25.9. The van der Waals surface area contributed by atoms with Crippen LogP contribution in [0.4, 0.5) is 4.79 Å². The fourth-order valence-corrected chi connectivity index (χ4v) is 1.94. The van der Waals surface area contributed by atoms with Gasteiger partial charge in [-0.15, -0.1) is 0 Å². The lowest BCUT2D eigenvalue weighted by Crippen LogP contribution is -2.39. The third-order valence-corrected chi connectivity index (χ3v) is 3.08. The lowest BCUT2D eigenvalue weighted by molar-refractivity contribution is -0.141. The SMILES string of the molecule is CC(=O)N[C@@H](CCCCNC(=O)OCc1ccccc1)C(=O)O.N#N. The van der Waals surface area contributed by atoms with Crippen LogP contribution in [0.2, 0.25) is 0 Å². The first-order valence-electron chi connectivity index (χ1n) is 7.63. The summed E-state index contributed by atoms with van der Waals surface area (Å²) >= 11 is 0. The molecule has 1 aromatic rings. The van der Waals surface area contributed by atoms with E-state index in [9.17, 15) is 14.4 Å². The Morgan fingerprint density at radius 1 is 1.16 bits per heavy atom. The second-order valence-electron chi connectivity index (χ2n) is 5.08. The minimum atomic E-state index is -1.06. The van der Waals surface area contributed by atoms with Crippen LogP contribution < -0.4 is 10.6 Å². The molecule has 0 fully saturated rings. The normalized spacial score (nSPS) is 10.5. The summed E-state index contributed by atoms with van der Waals surface area (Å²) in [6.07, 6.45) is 0.973. The van der Waals surface area contributed by atoms with Crippen LogP contribution in [-0.4, -0.2) is 35.7 Å². The number of amides is 2. The van der Waals surface area contributed by atoms with E-state index >= 15 is 0 Å². The number of aliphatic carboxylic acids is 1. The molecule has 136 valence electrons. The summed E-state index contributed by atoms with van der Waals surface area (Å²) < 4.78 is 5.05. The van der Waals surface area contributed by atoms with Gasteiger partial charge in [0.2, 0.25) is 5.91 Å². The Bertz CT molecular complexity index is 562. The Hall–Kier alpha value is -3.15. The van der Waals surface area contributed by atoms with E-state index in [0.29, 0.717) is 25.8 Å². The fraction of sp³-hybridized carbons (Fsp3) is 0.438. The highest BCUT2D eigenvalue weighted by Gasteiger charge is 2.17. The third-order valence-electron chi connectivity index (χ3n) is 3.08. The highest BCUT2D eigenvalue weighted by molar-refractivity contribution is 5.81. The molecule has 0 saturated heterocycles. The van der Waals surface area contributed by atoms with Crippen LogP contribution in [0, 0.1) is 10.8 Å². The molecule has 0 aliphatic rings. The molecule has 0 saturated carbocycles. The topological polar surface area (TPSA) is 152 Å². The van der Waals surface area contributed by atoms with Gasteiger partial charge in [0.15, 0.2) is 0 Å². The van der Waals surface area contributed by atoms with Crippen molar-refractivity contribution in [3.8, 4) is 0 Å². The molecule has 0 radical (unpaired) electrons. The standard InChI is InChI=1S/C16H22N2O5.N2/c1-12(19)18-14(15(20)21)9-5-6-10-17-16(22)23-11-13-7-3-2-4-8-13;1-2/h2-4,7-8,14H,5-6,9-11H2,1H3,(H,17,22)(H,18,19)(H,20,21);/t14-;/m0./s1. The Balaban J connectivity index is 0.00000277. The third kappa shape index (κ3) is 11.1. The molecule has 9 nitrogen and oxygen atoms in total. The van der Waals surface area contributed by atoms with Crippen molar-refractivity contribution in [3.05, 3.63) is 35.9 Å². The number of hydrogen-bond acceptors (Lipinski definition) is 6. The van der Waals surface area contributed by atoms with Crippen molar-refractivity contribution >= 4 is 18.0 Å². The number of nitrogens with one attached hydrogen (secondary N) is 2. The number of nitrogens with zero attached hydrogens (tertiary/aromatic N) is 2. The van der Waals surface area contributed by atoms with Crippen molar-refractivity contribution < 1.29 is 24.2 Å². The highest BCUT2D eigenvalue weighted by atomic mass is 16.5. The maximum absolute atomic E-state index is 11.5. The van der Waals surface area contributed by atoms with Crippen LogP contribution >= 0.6 is 0 Å². The van der Waals surface area contributed by atoms with Gasteiger partial charge in [-0.25, -0.2) is 9.59 Å². The summed E-state index contributed by atoms with van der Waals surface area (Å²) in [6, 6.07) is 8.45. The average molecular weight is 350 g/mol. The molecule has 9 heteroatoms. The van der Waals surface area contributed by atoms with Gasteiger partial charge in [-0.3, -0.25) is 4.79 Å². The van der Waals surface area contributed by atoms with Crippen molar-refractivity contribution in [1.29, 1.82) is 10.8 Å². The second kappa shape index (κ2) is 13.3. The van der Waals surface area contributed by atoms with Crippen molar-refractivity contribution in [2.24, 2.45) is 0 Å². The van der Waals surface area contributed by atoms with Crippen molar-refractivity contribution in [3.63, 3.8) is 0 Å². The van der Waals surface area contributed by atoms with E-state index in [1.54, 1.807) is 0 Å². The van der Waals surface area contributed by atoms with Gasteiger partial charge in [0.1, 0.15) is 12.6 Å². The van der Waals surface area contributed by atoms with E-state index in [-0.39, 0.29) is 12.5 Å². The number of carboxylic acids is 1. The van der Waals surface area contributed by atoms with Crippen LogP contribution in [0.25, 0.3) is 0 Å². The fourth-order valence-electron chi connectivity index (χ4n) is 1.94. The molecule has 0 spiro atoms. The molecule has 3 N–H and O–H groups in total. The molecule has 0 unspecified atom stereocenters. The molecular weight excluding hydrogens is 328 g/mol. The number of ether oxygens (including phenoxy) is 1. The molecule has 2 amide bonds. The lowest BCUT2D eigenvalue weighted by Gasteiger charge is -2.13. The largest absolute Gasteiger partial charge is 0.480 e. The summed E-state index contributed by atoms with van der Waals surface area (Å²) in [5.41, 5.74) is 0.905. The summed E-state index contributed by atoms with van der Waals surface area (Å²) in [5.74, 6) is -1.43. The highest BCUT2D eigenvalue weighted by Crippen LogP contribution is 2.02. The van der Waals surface area contributed by atoms with Gasteiger partial charge < -0.3 is 20.5 Å². The zero-order valence-electron chi connectivity index (χ0n) is 14.0. The van der Waals surface area contributed by atoms with Gasteiger partial charge in [-0.05, 0) is 24.8 Å². The molecule has 0 heterocycles. The molecular formula is C16H22N4O5. The monoisotopic (exact) mass is 350 g/mol. The van der Waals surface area contributed by atoms with Crippen molar-refractivity contribution in [2.45, 2.75) is 38.8 Å². The van der Waals surface area contributed by atoms with Crippen LogP contribution in [0.1, 0.15) is 31.7 Å². The number of rotatable bonds is 9. The maximum Gasteiger partial charge on any atom is 0.407 e. The van der Waals surface area contributed by atoms with E-state index in [1.807, 2.05) is 30.3 Å². The van der Waals surface area contributed by atoms with Gasteiger partial charge in [0, 0.05) is 24.3 Å². The Labute approximate surface area is 145 Å². The van der Waals surface area contributed by atoms with E-state index in [2.05, 4.69) is 10.6 Å². The number of carbonyl (C=O) groups excluding carboxylic acids is 2. The average Bonchev–Trinajstić information content (AvgIpc) is 2.61. The molecule has 0 aliphatic heterocycles. The number of unbranched alkanes of at least 4 members (excludes halogenated alkanes) is 1. The molecule has 0 aromatic heterocycles. The smallest absolute Gasteiger partial charge is 0.407 e. The van der Waals surface area contributed by atoms with Gasteiger partial charge in [0.25, 0.3) is 0 Å². The first-order chi connectivity index (χ1) is 12.0. The van der Waals surface area contributed by atoms with Crippen molar-refractivity contribution in [1.82, 2.24) is 10.6 Å². The molecule has 0 aliphatic carbocycles. The second-order valence-corrected chi connectivity index (χ2v) is 5.08. The summed E-state index contributed by atoms with van der Waals surface area (Å²) in [7, 11) is 0. The predicted octanol–water partition coefficient (Wildman–Crippen LogP) is 1.70. The first-order valence-corrected chi connectivity index (χ1v) is 7.63. The molecule has 1 atom stereocenters. The van der Waals surface area contributed by atoms with E-state index in [4.69, 9.17) is 20.6 Å². The zero-order chi connectivity index (χ0) is 19.1. The zero-order valence-corrected chi connectivity index (χ0v) is 14.0. The first kappa shape index (κ1) is 21.9. The van der Waals surface area contributed by atoms with Gasteiger partial charge >= 0.3 is 12.1 Å². The number of benzene rings is 1. The minimum Gasteiger partial charge on any atom is -0.480 e. The van der Waals surface area contributed by atoms with Crippen LogP contribution in [0.5, 0.6) is 0 Å². The van der Waals surface area contributed by atoms with Gasteiger partial charge in [0.05, 0.1) is 0 Å². The Morgan fingerprint density at radius 3 is 2.36 bits per heavy atom. The Kier molecular flexibility index (Phi) is 11.6. The molecule has 1 rings (SSSR count). The molecule has 1 aromatic carbocycles. The quantitative estimate of drug-likeness (QED) is 0.452. The number of carbonyl (C=O) groups is 3. The minimum absolute atomic E-state index is 0.205. The molecule has 25 heavy (non-hydrogen) atoms. The Morgan fingerprint density at radius 2 is 1.80 bits per heavy atom. The van der Waals surface area contributed by atoms with Crippen LogP contribution in [-0.2, 0) is 20.9 Å². The number of carboxylic acid groups (broad SMARTS) is 1. The maximum atomic E-state index is 11.5. The molecule has 0 bridgehead atoms. The van der Waals surface area contributed by atoms with E-state index in [0.717, 1.165) is 5.56 Å².